The summed E-state index contributed by atoms with van der Waals surface area (Å²) in [6.07, 6.45) is 0. The molecular formula is C13H14FN3O2. The summed E-state index contributed by atoms with van der Waals surface area (Å²) in [6, 6.07) is 6.11. The predicted molar refractivity (Wildman–Crippen MR) is 66.0 cm³/mol. The number of amides is 2. The van der Waals surface area contributed by atoms with Crippen LogP contribution in [0.25, 0.3) is 0 Å². The van der Waals surface area contributed by atoms with Crippen LogP contribution >= 0.6 is 0 Å². The van der Waals surface area contributed by atoms with E-state index >= 15 is 0 Å². The Morgan fingerprint density at radius 3 is 2.89 bits per heavy atom. The smallest absolute Gasteiger partial charge is 0.321 e. The van der Waals surface area contributed by atoms with Gasteiger partial charge in [-0.3, -0.25) is 0 Å². The Morgan fingerprint density at radius 1 is 1.58 bits per heavy atom. The van der Waals surface area contributed by atoms with Gasteiger partial charge in [0.25, 0.3) is 0 Å². The first-order chi connectivity index (χ1) is 9.08. The van der Waals surface area contributed by atoms with Gasteiger partial charge < -0.3 is 14.5 Å². The zero-order valence-corrected chi connectivity index (χ0v) is 10.8. The molecule has 2 rings (SSSR count). The van der Waals surface area contributed by atoms with Gasteiger partial charge in [-0.2, -0.15) is 5.26 Å². The van der Waals surface area contributed by atoms with Gasteiger partial charge in [-0.1, -0.05) is 6.07 Å². The van der Waals surface area contributed by atoms with E-state index in [1.165, 1.54) is 29.0 Å². The van der Waals surface area contributed by atoms with Crippen LogP contribution in [-0.4, -0.2) is 43.1 Å². The number of benzene rings is 1. The van der Waals surface area contributed by atoms with Gasteiger partial charge in [0.2, 0.25) is 0 Å². The van der Waals surface area contributed by atoms with E-state index in [0.29, 0.717) is 12.1 Å². The molecule has 0 N–H and O–H groups in total. The van der Waals surface area contributed by atoms with Gasteiger partial charge in [0.05, 0.1) is 19.2 Å². The lowest BCUT2D eigenvalue weighted by atomic mass is 10.1. The van der Waals surface area contributed by atoms with Crippen LogP contribution in [0.2, 0.25) is 0 Å². The number of halogens is 1. The van der Waals surface area contributed by atoms with Crippen molar-refractivity contribution in [3.63, 3.8) is 0 Å². The van der Waals surface area contributed by atoms with Crippen LogP contribution in [-0.2, 0) is 0 Å². The number of carbonyl (C=O) groups excluding carboxylic acids is 1. The van der Waals surface area contributed by atoms with Gasteiger partial charge in [0, 0.05) is 13.6 Å². The molecule has 1 aliphatic heterocycles. The molecule has 0 spiro atoms. The Labute approximate surface area is 110 Å². The molecule has 2 amide bonds. The number of hydrogen-bond donors (Lipinski definition) is 0. The van der Waals surface area contributed by atoms with Crippen LogP contribution < -0.4 is 4.74 Å². The minimum Gasteiger partial charge on any atom is -0.494 e. The van der Waals surface area contributed by atoms with E-state index < -0.39 is 5.82 Å². The minimum atomic E-state index is -0.459. The summed E-state index contributed by atoms with van der Waals surface area (Å²) in [5.74, 6) is -0.288. The molecule has 0 aromatic heterocycles. The van der Waals surface area contributed by atoms with Gasteiger partial charge in [0.1, 0.15) is 6.54 Å². The van der Waals surface area contributed by atoms with Crippen molar-refractivity contribution < 1.29 is 13.9 Å². The quantitative estimate of drug-likeness (QED) is 0.781. The molecule has 0 saturated carbocycles. The van der Waals surface area contributed by atoms with Crippen LogP contribution in [0.3, 0.4) is 0 Å². The van der Waals surface area contributed by atoms with E-state index in [1.54, 1.807) is 13.1 Å². The first-order valence-corrected chi connectivity index (χ1v) is 5.80. The van der Waals surface area contributed by atoms with Crippen molar-refractivity contribution in [3.05, 3.63) is 29.6 Å². The van der Waals surface area contributed by atoms with Crippen LogP contribution in [0.15, 0.2) is 18.2 Å². The van der Waals surface area contributed by atoms with Gasteiger partial charge in [-0.05, 0) is 17.7 Å². The average molecular weight is 263 g/mol. The standard InChI is InChI=1S/C13H14FN3O2/c1-16-11(8-17(6-5-15)13(16)18)9-3-4-12(19-2)10(14)7-9/h3-4,7,11H,6,8H2,1-2H3. The third-order valence-corrected chi connectivity index (χ3v) is 3.26. The first-order valence-electron chi connectivity index (χ1n) is 5.80. The molecule has 1 unspecified atom stereocenters. The highest BCUT2D eigenvalue weighted by atomic mass is 19.1. The maximum absolute atomic E-state index is 13.7. The second kappa shape index (κ2) is 5.14. The third kappa shape index (κ3) is 2.32. The summed E-state index contributed by atoms with van der Waals surface area (Å²) < 4.78 is 18.5. The van der Waals surface area contributed by atoms with E-state index in [1.807, 2.05) is 6.07 Å². The fourth-order valence-corrected chi connectivity index (χ4v) is 2.20. The largest absolute Gasteiger partial charge is 0.494 e. The second-order valence-electron chi connectivity index (χ2n) is 4.34. The van der Waals surface area contributed by atoms with Crippen molar-refractivity contribution in [2.24, 2.45) is 0 Å². The maximum atomic E-state index is 13.7. The highest BCUT2D eigenvalue weighted by Gasteiger charge is 2.35. The van der Waals surface area contributed by atoms with Crippen molar-refractivity contribution in [2.45, 2.75) is 6.04 Å². The summed E-state index contributed by atoms with van der Waals surface area (Å²) in [4.78, 5) is 14.8. The number of hydrogen-bond acceptors (Lipinski definition) is 3. The van der Waals surface area contributed by atoms with Gasteiger partial charge in [-0.15, -0.1) is 0 Å². The summed E-state index contributed by atoms with van der Waals surface area (Å²) in [7, 11) is 3.05. The second-order valence-corrected chi connectivity index (χ2v) is 4.34. The minimum absolute atomic E-state index is 0.0400. The summed E-state index contributed by atoms with van der Waals surface area (Å²) in [5, 5.41) is 8.66. The van der Waals surface area contributed by atoms with Crippen molar-refractivity contribution in [2.75, 3.05) is 27.2 Å². The number of nitrogens with zero attached hydrogens (tertiary/aromatic N) is 3. The van der Waals surface area contributed by atoms with Crippen molar-refractivity contribution in [1.82, 2.24) is 9.80 Å². The zero-order valence-electron chi connectivity index (χ0n) is 10.8. The Morgan fingerprint density at radius 2 is 2.32 bits per heavy atom. The van der Waals surface area contributed by atoms with E-state index in [9.17, 15) is 9.18 Å². The first kappa shape index (κ1) is 13.1. The molecule has 6 heteroatoms. The average Bonchev–Trinajstić information content (AvgIpc) is 2.67. The Kier molecular flexibility index (Phi) is 3.56. The van der Waals surface area contributed by atoms with Crippen molar-refractivity contribution >= 4 is 6.03 Å². The lowest BCUT2D eigenvalue weighted by Crippen LogP contribution is -2.29. The van der Waals surface area contributed by atoms with Crippen molar-refractivity contribution in [1.29, 1.82) is 5.26 Å². The number of carbonyl (C=O) groups is 1. The Hall–Kier alpha value is -2.29. The molecule has 0 bridgehead atoms. The summed E-state index contributed by atoms with van der Waals surface area (Å²) >= 11 is 0. The van der Waals surface area contributed by atoms with Gasteiger partial charge in [-0.25, -0.2) is 9.18 Å². The maximum Gasteiger partial charge on any atom is 0.321 e. The lowest BCUT2D eigenvalue weighted by molar-refractivity contribution is 0.199. The number of urea groups is 1. The molecular weight excluding hydrogens is 249 g/mol. The third-order valence-electron chi connectivity index (χ3n) is 3.26. The van der Waals surface area contributed by atoms with E-state index in [2.05, 4.69) is 0 Å². The lowest BCUT2D eigenvalue weighted by Gasteiger charge is -2.18. The fourth-order valence-electron chi connectivity index (χ4n) is 2.20. The van der Waals surface area contributed by atoms with Crippen LogP contribution in [0.4, 0.5) is 9.18 Å². The molecule has 0 aliphatic carbocycles. The molecule has 1 saturated heterocycles. The number of ether oxygens (including phenoxy) is 1. The summed E-state index contributed by atoms with van der Waals surface area (Å²) in [5.41, 5.74) is 0.689. The normalized spacial score (nSPS) is 18.6. The van der Waals surface area contributed by atoms with Crippen LogP contribution in [0, 0.1) is 17.1 Å². The molecule has 100 valence electrons. The van der Waals surface area contributed by atoms with Gasteiger partial charge in [0.15, 0.2) is 11.6 Å². The highest BCUT2D eigenvalue weighted by Crippen LogP contribution is 2.30. The zero-order chi connectivity index (χ0) is 14.0. The summed E-state index contributed by atoms with van der Waals surface area (Å²) in [6.45, 7) is 0.424. The molecule has 0 radical (unpaired) electrons. The fraction of sp³-hybridized carbons (Fsp3) is 0.385. The van der Waals surface area contributed by atoms with E-state index in [4.69, 9.17) is 10.00 Å². The van der Waals surface area contributed by atoms with Crippen LogP contribution in [0.5, 0.6) is 5.75 Å². The topological polar surface area (TPSA) is 56.6 Å². The molecule has 5 nitrogen and oxygen atoms in total. The number of nitriles is 1. The van der Waals surface area contributed by atoms with Crippen LogP contribution in [0.1, 0.15) is 11.6 Å². The molecule has 1 aliphatic rings. The molecule has 1 heterocycles. The highest BCUT2D eigenvalue weighted by molar-refractivity contribution is 5.77. The van der Waals surface area contributed by atoms with E-state index in [0.717, 1.165) is 0 Å². The predicted octanol–water partition coefficient (Wildman–Crippen LogP) is 1.77. The monoisotopic (exact) mass is 263 g/mol. The Balaban J connectivity index is 2.25. The molecule has 1 fully saturated rings. The number of methoxy groups -OCH3 is 1. The molecule has 1 aromatic carbocycles. The van der Waals surface area contributed by atoms with E-state index in [-0.39, 0.29) is 24.4 Å². The molecule has 1 atom stereocenters. The van der Waals surface area contributed by atoms with Crippen molar-refractivity contribution in [3.8, 4) is 11.8 Å². The Bertz CT molecular complexity index is 541. The van der Waals surface area contributed by atoms with Gasteiger partial charge >= 0.3 is 6.03 Å². The number of rotatable bonds is 3. The molecule has 19 heavy (non-hydrogen) atoms. The number of likely N-dealkylation sites (N-methyl/N-ethyl adjacent to an activating group) is 1. The molecule has 1 aromatic rings. The SMILES string of the molecule is COc1ccc(C2CN(CC#N)C(=O)N2C)cc1F.